The molecular weight excluding hydrogens is 458 g/mol. The molecule has 1 atom stereocenters. The molecule has 2 aliphatic heterocycles. The highest BCUT2D eigenvalue weighted by Crippen LogP contribution is 2.49. The molecule has 2 heterocycles. The monoisotopic (exact) mass is 483 g/mol. The summed E-state index contributed by atoms with van der Waals surface area (Å²) in [4.78, 5) is 43.2. The highest BCUT2D eigenvalue weighted by molar-refractivity contribution is 7.89. The van der Waals surface area contributed by atoms with Crippen LogP contribution >= 0.6 is 0 Å². The number of benzene rings is 2. The average Bonchev–Trinajstić information content (AvgIpc) is 3.59. The third-order valence-electron chi connectivity index (χ3n) is 6.59. The summed E-state index contributed by atoms with van der Waals surface area (Å²) in [6.07, 6.45) is 1.79. The molecule has 2 fully saturated rings. The van der Waals surface area contributed by atoms with E-state index in [0.29, 0.717) is 16.8 Å². The molecule has 5 rings (SSSR count). The van der Waals surface area contributed by atoms with Gasteiger partial charge in [-0.2, -0.15) is 0 Å². The largest absolute Gasteiger partial charge is 0.458 e. The zero-order valence-corrected chi connectivity index (χ0v) is 19.7. The number of rotatable bonds is 6. The second kappa shape index (κ2) is 7.92. The fourth-order valence-electron chi connectivity index (χ4n) is 4.78. The number of ether oxygens (including phenoxy) is 1. The average molecular weight is 484 g/mol. The van der Waals surface area contributed by atoms with Crippen molar-refractivity contribution < 1.29 is 27.5 Å². The van der Waals surface area contributed by atoms with E-state index in [2.05, 4.69) is 0 Å². The van der Waals surface area contributed by atoms with Gasteiger partial charge in [0, 0.05) is 33.0 Å². The van der Waals surface area contributed by atoms with Gasteiger partial charge in [-0.1, -0.05) is 24.3 Å². The molecular formula is C24H25N3O6S. The normalized spacial score (nSPS) is 22.1. The number of amides is 2. The Balaban J connectivity index is 1.48. The number of sulfonamides is 1. The van der Waals surface area contributed by atoms with E-state index in [1.165, 1.54) is 36.0 Å². The molecule has 3 aliphatic rings. The number of fused-ring (bicyclic) bond motifs is 3. The molecule has 34 heavy (non-hydrogen) atoms. The van der Waals surface area contributed by atoms with Crippen molar-refractivity contribution in [1.29, 1.82) is 0 Å². The van der Waals surface area contributed by atoms with Gasteiger partial charge in [-0.15, -0.1) is 0 Å². The minimum atomic E-state index is -3.65. The maximum absolute atomic E-state index is 13.7. The van der Waals surface area contributed by atoms with Gasteiger partial charge >= 0.3 is 5.97 Å². The minimum absolute atomic E-state index is 0.0864. The van der Waals surface area contributed by atoms with E-state index in [-0.39, 0.29) is 42.2 Å². The molecule has 9 nitrogen and oxygen atoms in total. The molecule has 0 N–H and O–H groups in total. The smallest absolute Gasteiger partial charge is 0.354 e. The number of para-hydroxylation sites is 1. The topological polar surface area (TPSA) is 104 Å². The molecule has 0 spiro atoms. The van der Waals surface area contributed by atoms with Crippen LogP contribution in [0.15, 0.2) is 53.4 Å². The summed E-state index contributed by atoms with van der Waals surface area (Å²) in [7, 11) is -0.763. The van der Waals surface area contributed by atoms with E-state index in [1.807, 2.05) is 0 Å². The summed E-state index contributed by atoms with van der Waals surface area (Å²) in [6, 6.07) is 12.9. The van der Waals surface area contributed by atoms with E-state index < -0.39 is 21.7 Å². The lowest BCUT2D eigenvalue weighted by Gasteiger charge is -2.48. The summed E-state index contributed by atoms with van der Waals surface area (Å²) in [5, 5.41) is 0. The van der Waals surface area contributed by atoms with Gasteiger partial charge in [-0.05, 0) is 42.7 Å². The summed E-state index contributed by atoms with van der Waals surface area (Å²) < 4.78 is 31.7. The second-order valence-electron chi connectivity index (χ2n) is 8.98. The lowest BCUT2D eigenvalue weighted by molar-refractivity contribution is -0.159. The molecule has 2 aromatic rings. The predicted molar refractivity (Wildman–Crippen MR) is 122 cm³/mol. The molecule has 10 heteroatoms. The van der Waals surface area contributed by atoms with Crippen LogP contribution in [-0.2, 0) is 31.0 Å². The molecule has 1 saturated carbocycles. The Morgan fingerprint density at radius 3 is 2.56 bits per heavy atom. The van der Waals surface area contributed by atoms with Crippen LogP contribution in [0.4, 0.5) is 5.69 Å². The van der Waals surface area contributed by atoms with Crippen molar-refractivity contribution in [2.45, 2.75) is 48.9 Å². The standard InChI is InChI=1S/C24H25N3O6S/c1-25(2)34(31,32)18-7-5-6-16(14-18)15-33-23(30)24-13-12-21(28)27(24)20-9-4-3-8-19(20)22(29)26(24)17-10-11-17/h3-9,14,17H,10-13,15H2,1-2H3. The third-order valence-corrected chi connectivity index (χ3v) is 8.40. The Morgan fingerprint density at radius 2 is 1.85 bits per heavy atom. The van der Waals surface area contributed by atoms with Crippen LogP contribution in [0.25, 0.3) is 0 Å². The van der Waals surface area contributed by atoms with Crippen LogP contribution in [0.1, 0.15) is 41.6 Å². The van der Waals surface area contributed by atoms with E-state index in [9.17, 15) is 22.8 Å². The van der Waals surface area contributed by atoms with E-state index in [0.717, 1.165) is 17.1 Å². The zero-order chi connectivity index (χ0) is 24.3. The van der Waals surface area contributed by atoms with Gasteiger partial charge in [0.25, 0.3) is 5.91 Å². The number of anilines is 1. The molecule has 0 bridgehead atoms. The van der Waals surface area contributed by atoms with Gasteiger partial charge in [-0.3, -0.25) is 14.5 Å². The van der Waals surface area contributed by atoms with Crippen molar-refractivity contribution in [2.75, 3.05) is 19.0 Å². The fourth-order valence-corrected chi connectivity index (χ4v) is 5.76. The first-order chi connectivity index (χ1) is 16.2. The van der Waals surface area contributed by atoms with Gasteiger partial charge in [0.05, 0.1) is 16.1 Å². The maximum atomic E-state index is 13.7. The number of carbonyl (C=O) groups is 3. The summed E-state index contributed by atoms with van der Waals surface area (Å²) in [5.41, 5.74) is -0.224. The summed E-state index contributed by atoms with van der Waals surface area (Å²) in [5.74, 6) is -1.20. The zero-order valence-electron chi connectivity index (χ0n) is 18.9. The Labute approximate surface area is 197 Å². The van der Waals surface area contributed by atoms with Crippen molar-refractivity contribution in [2.24, 2.45) is 0 Å². The SMILES string of the molecule is CN(C)S(=O)(=O)c1cccc(COC(=O)C23CCC(=O)N2c2ccccc2C(=O)N3C2CC2)c1. The highest BCUT2D eigenvalue weighted by atomic mass is 32.2. The maximum Gasteiger partial charge on any atom is 0.354 e. The van der Waals surface area contributed by atoms with Crippen molar-refractivity contribution in [1.82, 2.24) is 9.21 Å². The van der Waals surface area contributed by atoms with Crippen LogP contribution in [-0.4, -0.2) is 61.2 Å². The van der Waals surface area contributed by atoms with Gasteiger partial charge in [0.1, 0.15) is 6.61 Å². The number of nitrogens with zero attached hydrogens (tertiary/aromatic N) is 3. The first-order valence-corrected chi connectivity index (χ1v) is 12.6. The summed E-state index contributed by atoms with van der Waals surface area (Å²) >= 11 is 0. The lowest BCUT2D eigenvalue weighted by Crippen LogP contribution is -2.69. The van der Waals surface area contributed by atoms with Gasteiger partial charge < -0.3 is 9.64 Å². The fraction of sp³-hybridized carbons (Fsp3) is 0.375. The van der Waals surface area contributed by atoms with Crippen LogP contribution in [0.3, 0.4) is 0 Å². The van der Waals surface area contributed by atoms with Crippen molar-refractivity contribution in [3.63, 3.8) is 0 Å². The molecule has 1 aliphatic carbocycles. The van der Waals surface area contributed by atoms with Gasteiger partial charge in [0.2, 0.25) is 21.6 Å². The van der Waals surface area contributed by atoms with Gasteiger partial charge in [0.15, 0.2) is 0 Å². The molecule has 0 aromatic heterocycles. The Morgan fingerprint density at radius 1 is 1.12 bits per heavy atom. The number of hydrogen-bond donors (Lipinski definition) is 0. The lowest BCUT2D eigenvalue weighted by atomic mass is 9.96. The predicted octanol–water partition coefficient (Wildman–Crippen LogP) is 2.12. The van der Waals surface area contributed by atoms with Gasteiger partial charge in [-0.25, -0.2) is 17.5 Å². The van der Waals surface area contributed by atoms with Crippen molar-refractivity contribution >= 4 is 33.5 Å². The Kier molecular flexibility index (Phi) is 5.25. The number of esters is 1. The minimum Gasteiger partial charge on any atom is -0.458 e. The third kappa shape index (κ3) is 3.32. The number of carbonyl (C=O) groups excluding carboxylic acids is 3. The van der Waals surface area contributed by atoms with Crippen molar-refractivity contribution in [3.05, 3.63) is 59.7 Å². The van der Waals surface area contributed by atoms with Crippen LogP contribution in [0.5, 0.6) is 0 Å². The second-order valence-corrected chi connectivity index (χ2v) is 11.1. The first kappa shape index (κ1) is 22.5. The quantitative estimate of drug-likeness (QED) is 0.583. The Bertz CT molecular complexity index is 1300. The molecule has 178 valence electrons. The van der Waals surface area contributed by atoms with E-state index in [4.69, 9.17) is 4.74 Å². The molecule has 2 amide bonds. The van der Waals surface area contributed by atoms with Crippen LogP contribution in [0.2, 0.25) is 0 Å². The van der Waals surface area contributed by atoms with Crippen LogP contribution in [0, 0.1) is 0 Å². The first-order valence-electron chi connectivity index (χ1n) is 11.1. The highest BCUT2D eigenvalue weighted by Gasteiger charge is 2.64. The molecule has 1 unspecified atom stereocenters. The summed E-state index contributed by atoms with van der Waals surface area (Å²) in [6.45, 7) is -0.187. The Hall–Kier alpha value is -3.24. The van der Waals surface area contributed by atoms with E-state index in [1.54, 1.807) is 36.4 Å². The molecule has 2 aromatic carbocycles. The van der Waals surface area contributed by atoms with E-state index >= 15 is 0 Å². The number of hydrogen-bond acceptors (Lipinski definition) is 6. The van der Waals surface area contributed by atoms with Crippen LogP contribution < -0.4 is 4.90 Å². The molecule has 0 radical (unpaired) electrons. The van der Waals surface area contributed by atoms with Crippen molar-refractivity contribution in [3.8, 4) is 0 Å². The molecule has 1 saturated heterocycles.